The van der Waals surface area contributed by atoms with E-state index in [2.05, 4.69) is 15.4 Å². The van der Waals surface area contributed by atoms with Crippen LogP contribution in [0, 0.1) is 23.0 Å². The lowest BCUT2D eigenvalue weighted by Crippen LogP contribution is -2.39. The molecule has 2 rings (SSSR count). The fraction of sp³-hybridized carbons (Fsp3) is 0.545. The molecular weight excluding hydrogens is 278 g/mol. The maximum atomic E-state index is 11.2. The van der Waals surface area contributed by atoms with E-state index in [0.717, 1.165) is 0 Å². The van der Waals surface area contributed by atoms with Gasteiger partial charge in [0, 0.05) is 19.0 Å². The first kappa shape index (κ1) is 14.9. The topological polar surface area (TPSA) is 153 Å². The van der Waals surface area contributed by atoms with E-state index in [1.807, 2.05) is 0 Å². The Morgan fingerprint density at radius 1 is 1.43 bits per heavy atom. The predicted octanol–water partition coefficient (Wildman–Crippen LogP) is -0.319. The molecule has 0 saturated carbocycles. The number of nitrogen functional groups attached to an aromatic ring is 1. The molecule has 1 fully saturated rings. The molecule has 5 N–H and O–H groups in total. The van der Waals surface area contributed by atoms with E-state index >= 15 is 0 Å². The number of aryl methyl sites for hydroxylation is 1. The van der Waals surface area contributed by atoms with Crippen LogP contribution >= 0.6 is 0 Å². The van der Waals surface area contributed by atoms with Crippen LogP contribution < -0.4 is 21.9 Å². The number of nitro groups is 1. The van der Waals surface area contributed by atoms with Gasteiger partial charge >= 0.3 is 5.69 Å². The summed E-state index contributed by atoms with van der Waals surface area (Å²) in [6.45, 7) is 2.46. The maximum Gasteiger partial charge on any atom is 0.332 e. The lowest BCUT2D eigenvalue weighted by atomic mass is 9.96. The van der Waals surface area contributed by atoms with Crippen LogP contribution in [0.2, 0.25) is 0 Å². The summed E-state index contributed by atoms with van der Waals surface area (Å²) in [5.41, 5.74) is 7.66. The van der Waals surface area contributed by atoms with Gasteiger partial charge in [0.05, 0.1) is 4.92 Å². The predicted molar refractivity (Wildman–Crippen MR) is 75.4 cm³/mol. The highest BCUT2D eigenvalue weighted by Gasteiger charge is 2.30. The summed E-state index contributed by atoms with van der Waals surface area (Å²) < 4.78 is 0. The molecule has 0 spiro atoms. The van der Waals surface area contributed by atoms with E-state index in [1.54, 1.807) is 4.90 Å². The van der Waals surface area contributed by atoms with Gasteiger partial charge in [-0.1, -0.05) is 0 Å². The molecule has 1 aromatic rings. The average Bonchev–Trinajstić information content (AvgIpc) is 2.45. The van der Waals surface area contributed by atoms with Crippen molar-refractivity contribution in [3.63, 3.8) is 0 Å². The van der Waals surface area contributed by atoms with Crippen molar-refractivity contribution in [2.75, 3.05) is 23.4 Å². The number of aromatic nitrogens is 2. The normalized spacial score (nSPS) is 15.8. The van der Waals surface area contributed by atoms with Crippen LogP contribution in [-0.4, -0.2) is 33.9 Å². The Labute approximate surface area is 120 Å². The van der Waals surface area contributed by atoms with Gasteiger partial charge in [-0.05, 0) is 19.8 Å². The monoisotopic (exact) mass is 295 g/mol. The fourth-order valence-corrected chi connectivity index (χ4v) is 2.43. The summed E-state index contributed by atoms with van der Waals surface area (Å²) in [7, 11) is 0. The second-order valence-electron chi connectivity index (χ2n) is 4.87. The van der Waals surface area contributed by atoms with Crippen molar-refractivity contribution in [1.29, 1.82) is 0 Å². The third-order valence-electron chi connectivity index (χ3n) is 3.55. The summed E-state index contributed by atoms with van der Waals surface area (Å²) >= 11 is 0. The molecule has 2 heterocycles. The number of carbonyl (C=O) groups is 1. The van der Waals surface area contributed by atoms with Crippen molar-refractivity contribution < 1.29 is 9.72 Å². The smallest absolute Gasteiger partial charge is 0.332 e. The summed E-state index contributed by atoms with van der Waals surface area (Å²) in [5, 5.41) is 11.2. The van der Waals surface area contributed by atoms with Crippen molar-refractivity contribution in [2.45, 2.75) is 19.8 Å². The van der Waals surface area contributed by atoms with Gasteiger partial charge in [0.25, 0.3) is 0 Å². The summed E-state index contributed by atoms with van der Waals surface area (Å²) in [4.78, 5) is 31.7. The van der Waals surface area contributed by atoms with Gasteiger partial charge in [-0.25, -0.2) is 10.8 Å². The zero-order valence-corrected chi connectivity index (χ0v) is 11.6. The number of amides is 1. The molecule has 0 radical (unpaired) electrons. The molecule has 1 aliphatic heterocycles. The maximum absolute atomic E-state index is 11.2. The molecular formula is C11H17N7O3. The van der Waals surface area contributed by atoms with E-state index in [0.29, 0.717) is 25.9 Å². The number of carbonyl (C=O) groups excluding carboxylic acids is 1. The van der Waals surface area contributed by atoms with Gasteiger partial charge in [0.1, 0.15) is 5.69 Å². The van der Waals surface area contributed by atoms with Crippen LogP contribution in [0.5, 0.6) is 0 Å². The van der Waals surface area contributed by atoms with Crippen molar-refractivity contribution in [2.24, 2.45) is 17.5 Å². The van der Waals surface area contributed by atoms with Crippen molar-refractivity contribution in [3.05, 3.63) is 15.8 Å². The first-order valence-electron chi connectivity index (χ1n) is 6.48. The van der Waals surface area contributed by atoms with E-state index in [-0.39, 0.29) is 35.0 Å². The third-order valence-corrected chi connectivity index (χ3v) is 3.55. The van der Waals surface area contributed by atoms with Gasteiger partial charge < -0.3 is 10.6 Å². The minimum Gasteiger partial charge on any atom is -0.369 e. The first-order chi connectivity index (χ1) is 9.93. The minimum atomic E-state index is -0.509. The summed E-state index contributed by atoms with van der Waals surface area (Å²) in [6.07, 6.45) is 1.09. The SMILES string of the molecule is Cc1nc(NN)nc(N2CCC(C(N)=O)CC2)c1[N+](=O)[O-]. The Morgan fingerprint density at radius 3 is 2.52 bits per heavy atom. The number of nitrogens with two attached hydrogens (primary N) is 2. The molecule has 0 unspecified atom stereocenters. The van der Waals surface area contributed by atoms with Crippen LogP contribution in [0.3, 0.4) is 0 Å². The number of primary amides is 1. The van der Waals surface area contributed by atoms with E-state index in [1.165, 1.54) is 6.92 Å². The fourth-order valence-electron chi connectivity index (χ4n) is 2.43. The van der Waals surface area contributed by atoms with Crippen molar-refractivity contribution in [1.82, 2.24) is 9.97 Å². The number of hydrogen-bond acceptors (Lipinski definition) is 8. The van der Waals surface area contributed by atoms with Gasteiger partial charge in [-0.15, -0.1) is 0 Å². The Balaban J connectivity index is 2.32. The van der Waals surface area contributed by atoms with Crippen LogP contribution in [0.1, 0.15) is 18.5 Å². The number of hydrogen-bond donors (Lipinski definition) is 3. The second kappa shape index (κ2) is 5.87. The van der Waals surface area contributed by atoms with Gasteiger partial charge in [0.2, 0.25) is 17.7 Å². The van der Waals surface area contributed by atoms with Crippen LogP contribution in [-0.2, 0) is 4.79 Å². The second-order valence-corrected chi connectivity index (χ2v) is 4.87. The minimum absolute atomic E-state index is 0.116. The molecule has 114 valence electrons. The molecule has 0 aromatic carbocycles. The number of nitrogens with zero attached hydrogens (tertiary/aromatic N) is 4. The lowest BCUT2D eigenvalue weighted by Gasteiger charge is -2.31. The number of anilines is 2. The van der Waals surface area contributed by atoms with Crippen molar-refractivity contribution >= 4 is 23.4 Å². The molecule has 1 saturated heterocycles. The summed E-state index contributed by atoms with van der Waals surface area (Å²) in [5.74, 6) is 5.07. The Morgan fingerprint density at radius 2 is 2.05 bits per heavy atom. The highest BCUT2D eigenvalue weighted by atomic mass is 16.6. The van der Waals surface area contributed by atoms with Crippen LogP contribution in [0.25, 0.3) is 0 Å². The average molecular weight is 295 g/mol. The van der Waals surface area contributed by atoms with Gasteiger partial charge in [-0.3, -0.25) is 20.3 Å². The molecule has 0 aliphatic carbocycles. The molecule has 21 heavy (non-hydrogen) atoms. The Hall–Kier alpha value is -2.49. The standard InChI is InChI=1S/C11H17N7O3/c1-6-8(18(20)21)10(15-11(14-6)16-13)17-4-2-7(3-5-17)9(12)19/h7H,2-5,13H2,1H3,(H2,12,19)(H,14,15,16). The zero-order valence-electron chi connectivity index (χ0n) is 11.6. The molecule has 0 atom stereocenters. The van der Waals surface area contributed by atoms with Crippen LogP contribution in [0.4, 0.5) is 17.5 Å². The molecule has 10 heteroatoms. The Kier molecular flexibility index (Phi) is 4.17. The first-order valence-corrected chi connectivity index (χ1v) is 6.48. The van der Waals surface area contributed by atoms with Gasteiger partial charge in [-0.2, -0.15) is 4.98 Å². The number of nitrogens with one attached hydrogen (secondary N) is 1. The molecule has 1 amide bonds. The largest absolute Gasteiger partial charge is 0.369 e. The van der Waals surface area contributed by atoms with Crippen molar-refractivity contribution in [3.8, 4) is 0 Å². The molecule has 0 bridgehead atoms. The summed E-state index contributed by atoms with van der Waals surface area (Å²) in [6, 6.07) is 0. The molecule has 1 aliphatic rings. The van der Waals surface area contributed by atoms with Crippen LogP contribution in [0.15, 0.2) is 0 Å². The lowest BCUT2D eigenvalue weighted by molar-refractivity contribution is -0.385. The quantitative estimate of drug-likeness (QED) is 0.388. The zero-order chi connectivity index (χ0) is 15.6. The number of hydrazine groups is 1. The molecule has 1 aromatic heterocycles. The number of piperidine rings is 1. The van der Waals surface area contributed by atoms with E-state index < -0.39 is 4.92 Å². The highest BCUT2D eigenvalue weighted by molar-refractivity contribution is 5.77. The molecule has 10 nitrogen and oxygen atoms in total. The Bertz CT molecular complexity index is 569. The third kappa shape index (κ3) is 2.99. The van der Waals surface area contributed by atoms with E-state index in [9.17, 15) is 14.9 Å². The van der Waals surface area contributed by atoms with E-state index in [4.69, 9.17) is 11.6 Å². The van der Waals surface area contributed by atoms with Gasteiger partial charge in [0.15, 0.2) is 0 Å². The highest BCUT2D eigenvalue weighted by Crippen LogP contribution is 2.32. The number of rotatable bonds is 4.